The molecule has 25 heavy (non-hydrogen) atoms. The van der Waals surface area contributed by atoms with Gasteiger partial charge in [0.15, 0.2) is 0 Å². The van der Waals surface area contributed by atoms with Crippen molar-refractivity contribution in [3.63, 3.8) is 0 Å². The Hall–Kier alpha value is -2.03. The van der Waals surface area contributed by atoms with Crippen LogP contribution in [0.15, 0.2) is 36.5 Å². The van der Waals surface area contributed by atoms with Gasteiger partial charge in [0.1, 0.15) is 0 Å². The highest BCUT2D eigenvalue weighted by molar-refractivity contribution is 7.89. The number of fused-ring (bicyclic) bond motifs is 1. The fourth-order valence-electron chi connectivity index (χ4n) is 2.99. The second-order valence-corrected chi connectivity index (χ2v) is 8.74. The van der Waals surface area contributed by atoms with E-state index in [1.54, 1.807) is 30.5 Å². The highest BCUT2D eigenvalue weighted by atomic mass is 32.2. The second-order valence-electron chi connectivity index (χ2n) is 6.51. The van der Waals surface area contributed by atoms with E-state index < -0.39 is 22.0 Å². The van der Waals surface area contributed by atoms with Gasteiger partial charge < -0.3 is 10.0 Å². The predicted molar refractivity (Wildman–Crippen MR) is 94.6 cm³/mol. The first-order valence-corrected chi connectivity index (χ1v) is 9.61. The molecule has 2 aromatic rings. The van der Waals surface area contributed by atoms with Crippen LogP contribution in [0, 0.1) is 5.92 Å². The zero-order valence-electron chi connectivity index (χ0n) is 14.2. The van der Waals surface area contributed by atoms with Crippen LogP contribution < -0.4 is 0 Å². The van der Waals surface area contributed by atoms with Crippen LogP contribution in [0.5, 0.6) is 0 Å². The van der Waals surface area contributed by atoms with Crippen LogP contribution in [-0.4, -0.2) is 72.7 Å². The van der Waals surface area contributed by atoms with Gasteiger partial charge in [0.05, 0.1) is 17.4 Å². The lowest BCUT2D eigenvalue weighted by Crippen LogP contribution is -2.33. The summed E-state index contributed by atoms with van der Waals surface area (Å²) in [6.45, 7) is 0.357. The van der Waals surface area contributed by atoms with E-state index in [0.29, 0.717) is 5.56 Å². The summed E-state index contributed by atoms with van der Waals surface area (Å²) in [4.78, 5) is 18.5. The largest absolute Gasteiger partial charge is 0.391 e. The van der Waals surface area contributed by atoms with E-state index in [9.17, 15) is 18.3 Å². The fourth-order valence-corrected chi connectivity index (χ4v) is 4.16. The number of likely N-dealkylation sites (tertiary alicyclic amines) is 1. The molecule has 3 rings (SSSR count). The zero-order chi connectivity index (χ0) is 18.2. The average molecular weight is 363 g/mol. The molecule has 1 fully saturated rings. The van der Waals surface area contributed by atoms with Gasteiger partial charge in [-0.05, 0) is 24.3 Å². The minimum Gasteiger partial charge on any atom is -0.391 e. The molecule has 0 unspecified atom stereocenters. The molecule has 1 amide bonds. The number of rotatable bonds is 4. The quantitative estimate of drug-likeness (QED) is 0.857. The Balaban J connectivity index is 1.76. The monoisotopic (exact) mass is 363 g/mol. The summed E-state index contributed by atoms with van der Waals surface area (Å²) < 4.78 is 25.2. The molecule has 0 bridgehead atoms. The summed E-state index contributed by atoms with van der Waals surface area (Å²) in [7, 11) is -0.508. The van der Waals surface area contributed by atoms with Crippen molar-refractivity contribution in [2.75, 3.05) is 32.9 Å². The van der Waals surface area contributed by atoms with Gasteiger partial charge in [0.25, 0.3) is 5.91 Å². The van der Waals surface area contributed by atoms with Crippen LogP contribution in [0.2, 0.25) is 0 Å². The molecular formula is C17H21N3O4S. The number of hydrogen-bond donors (Lipinski definition) is 1. The molecule has 7 nitrogen and oxygen atoms in total. The predicted octanol–water partition coefficient (Wildman–Crippen LogP) is 0.559. The van der Waals surface area contributed by atoms with Crippen molar-refractivity contribution in [3.8, 4) is 0 Å². The molecule has 1 aromatic carbocycles. The summed E-state index contributed by atoms with van der Waals surface area (Å²) >= 11 is 0. The van der Waals surface area contributed by atoms with Crippen molar-refractivity contribution in [2.45, 2.75) is 6.10 Å². The number of carbonyl (C=O) groups is 1. The van der Waals surface area contributed by atoms with E-state index in [1.165, 1.54) is 19.0 Å². The van der Waals surface area contributed by atoms with Crippen LogP contribution in [0.25, 0.3) is 10.9 Å². The van der Waals surface area contributed by atoms with Crippen molar-refractivity contribution in [2.24, 2.45) is 5.92 Å². The molecule has 0 saturated carbocycles. The van der Waals surface area contributed by atoms with Gasteiger partial charge in [-0.15, -0.1) is 0 Å². The van der Waals surface area contributed by atoms with E-state index in [1.807, 2.05) is 6.07 Å². The molecule has 1 N–H and O–H groups in total. The highest BCUT2D eigenvalue weighted by Gasteiger charge is 2.37. The molecule has 0 spiro atoms. The van der Waals surface area contributed by atoms with Crippen LogP contribution in [0.4, 0.5) is 0 Å². The number of aromatic nitrogens is 1. The highest BCUT2D eigenvalue weighted by Crippen LogP contribution is 2.23. The van der Waals surface area contributed by atoms with Crippen molar-refractivity contribution in [1.29, 1.82) is 0 Å². The third-order valence-electron chi connectivity index (χ3n) is 4.52. The Bertz CT molecular complexity index is 898. The number of hydrogen-bond acceptors (Lipinski definition) is 5. The van der Waals surface area contributed by atoms with Crippen molar-refractivity contribution >= 4 is 26.8 Å². The summed E-state index contributed by atoms with van der Waals surface area (Å²) in [5, 5.41) is 11.0. The number of aliphatic hydroxyl groups is 1. The van der Waals surface area contributed by atoms with Crippen molar-refractivity contribution < 1.29 is 18.3 Å². The number of aliphatic hydroxyl groups excluding tert-OH is 1. The van der Waals surface area contributed by atoms with Gasteiger partial charge in [0.2, 0.25) is 10.0 Å². The molecule has 8 heteroatoms. The average Bonchev–Trinajstić information content (AvgIpc) is 2.93. The molecular weight excluding hydrogens is 342 g/mol. The van der Waals surface area contributed by atoms with E-state index in [4.69, 9.17) is 0 Å². The maximum atomic E-state index is 12.7. The SMILES string of the molecule is CN(C)S(=O)(=O)C[C@@H]1CN(C(=O)c2ccc3ncccc3c2)C[C@@H]1O. The summed E-state index contributed by atoms with van der Waals surface area (Å²) in [6.07, 6.45) is 0.844. The molecule has 0 aliphatic carbocycles. The number of amides is 1. The molecule has 1 aliphatic heterocycles. The first-order chi connectivity index (χ1) is 11.8. The van der Waals surface area contributed by atoms with Crippen LogP contribution in [-0.2, 0) is 10.0 Å². The number of β-amino-alcohol motifs (C(OH)–C–C–N with tert-alkyl or cyclic N) is 1. The van der Waals surface area contributed by atoms with Crippen molar-refractivity contribution in [1.82, 2.24) is 14.2 Å². The molecule has 2 atom stereocenters. The number of sulfonamides is 1. The molecule has 1 saturated heterocycles. The van der Waals surface area contributed by atoms with Gasteiger partial charge in [-0.25, -0.2) is 12.7 Å². The number of pyridine rings is 1. The summed E-state index contributed by atoms with van der Waals surface area (Å²) in [5.74, 6) is -0.875. The van der Waals surface area contributed by atoms with Gasteiger partial charge in [0, 0.05) is 50.2 Å². The fraction of sp³-hybridized carbons (Fsp3) is 0.412. The smallest absolute Gasteiger partial charge is 0.253 e. The van der Waals surface area contributed by atoms with E-state index in [-0.39, 0.29) is 24.7 Å². The van der Waals surface area contributed by atoms with Crippen LogP contribution in [0.1, 0.15) is 10.4 Å². The maximum Gasteiger partial charge on any atom is 0.253 e. The summed E-state index contributed by atoms with van der Waals surface area (Å²) in [6, 6.07) is 8.93. The lowest BCUT2D eigenvalue weighted by molar-refractivity contribution is 0.0765. The van der Waals surface area contributed by atoms with Gasteiger partial charge in [-0.3, -0.25) is 9.78 Å². The summed E-state index contributed by atoms with van der Waals surface area (Å²) in [5.41, 5.74) is 1.30. The third kappa shape index (κ3) is 3.65. The Morgan fingerprint density at radius 2 is 2.08 bits per heavy atom. The van der Waals surface area contributed by atoms with Gasteiger partial charge >= 0.3 is 0 Å². The lowest BCUT2D eigenvalue weighted by Gasteiger charge is -2.18. The Morgan fingerprint density at radius 1 is 1.32 bits per heavy atom. The van der Waals surface area contributed by atoms with Gasteiger partial charge in [-0.2, -0.15) is 0 Å². The van der Waals surface area contributed by atoms with E-state index >= 15 is 0 Å². The molecule has 1 aliphatic rings. The topological polar surface area (TPSA) is 90.8 Å². The Kier molecular flexibility index (Phi) is 4.77. The molecule has 2 heterocycles. The number of carbonyl (C=O) groups excluding carboxylic acids is 1. The Labute approximate surface area is 146 Å². The van der Waals surface area contributed by atoms with E-state index in [0.717, 1.165) is 15.2 Å². The molecule has 1 aromatic heterocycles. The first kappa shape index (κ1) is 17.8. The molecule has 0 radical (unpaired) electrons. The van der Waals surface area contributed by atoms with E-state index in [2.05, 4.69) is 4.98 Å². The zero-order valence-corrected chi connectivity index (χ0v) is 15.0. The number of benzene rings is 1. The Morgan fingerprint density at radius 3 is 2.80 bits per heavy atom. The first-order valence-electron chi connectivity index (χ1n) is 8.00. The van der Waals surface area contributed by atoms with Crippen LogP contribution >= 0.6 is 0 Å². The number of nitrogens with zero attached hydrogens (tertiary/aromatic N) is 3. The lowest BCUT2D eigenvalue weighted by atomic mass is 10.1. The standard InChI is InChI=1S/C17H21N3O4S/c1-19(2)25(23,24)11-14-9-20(10-16(14)21)17(22)13-5-6-15-12(8-13)4-3-7-18-15/h3-8,14,16,21H,9-11H2,1-2H3/t14-,16-/m0/s1. The third-order valence-corrected chi connectivity index (χ3v) is 6.49. The minimum atomic E-state index is -3.43. The normalized spacial score (nSPS) is 21.2. The molecule has 134 valence electrons. The minimum absolute atomic E-state index is 0.136. The van der Waals surface area contributed by atoms with Crippen molar-refractivity contribution in [3.05, 3.63) is 42.1 Å². The second kappa shape index (κ2) is 6.70. The van der Waals surface area contributed by atoms with Crippen LogP contribution in [0.3, 0.4) is 0 Å². The van der Waals surface area contributed by atoms with Gasteiger partial charge in [-0.1, -0.05) is 6.07 Å². The maximum absolute atomic E-state index is 12.7.